The van der Waals surface area contributed by atoms with Crippen LogP contribution >= 0.6 is 0 Å². The number of esters is 1. The van der Waals surface area contributed by atoms with Crippen molar-refractivity contribution >= 4 is 29.8 Å². The molecule has 1 aliphatic carbocycles. The van der Waals surface area contributed by atoms with E-state index in [1.54, 1.807) is 0 Å². The molecule has 216 valence electrons. The second-order valence-corrected chi connectivity index (χ2v) is 11.0. The third kappa shape index (κ3) is 6.99. The summed E-state index contributed by atoms with van der Waals surface area (Å²) in [7, 11) is 0. The van der Waals surface area contributed by atoms with E-state index in [1.807, 2.05) is 43.3 Å². The van der Waals surface area contributed by atoms with Crippen molar-refractivity contribution in [2.24, 2.45) is 11.8 Å². The van der Waals surface area contributed by atoms with E-state index in [2.05, 4.69) is 11.9 Å². The smallest absolute Gasteiger partial charge is 0.330 e. The molecule has 2 fully saturated rings. The number of carboxylic acids is 1. The highest BCUT2D eigenvalue weighted by atomic mass is 16.5. The summed E-state index contributed by atoms with van der Waals surface area (Å²) >= 11 is 0. The Morgan fingerprint density at radius 1 is 1.30 bits per heavy atom. The maximum absolute atomic E-state index is 13.9. The molecule has 1 saturated carbocycles. The van der Waals surface area contributed by atoms with E-state index in [4.69, 9.17) is 9.47 Å². The van der Waals surface area contributed by atoms with Gasteiger partial charge in [-0.1, -0.05) is 56.2 Å². The number of nitrogens with one attached hydrogen (secondary N) is 1. The number of carbonyl (C=O) groups excluding carboxylic acids is 3. The molecule has 3 aliphatic rings. The topological polar surface area (TPSA) is 122 Å². The van der Waals surface area contributed by atoms with Crippen LogP contribution in [0.3, 0.4) is 0 Å². The van der Waals surface area contributed by atoms with Gasteiger partial charge in [0.15, 0.2) is 0 Å². The van der Waals surface area contributed by atoms with Crippen LogP contribution in [0.4, 0.5) is 0 Å². The maximum atomic E-state index is 13.9. The van der Waals surface area contributed by atoms with E-state index < -0.39 is 41.4 Å². The van der Waals surface area contributed by atoms with Crippen molar-refractivity contribution in [3.8, 4) is 0 Å². The lowest BCUT2D eigenvalue weighted by Crippen LogP contribution is -2.53. The number of nitrogens with zero attached hydrogens (tertiary/aromatic N) is 1. The molecule has 0 unspecified atom stereocenters. The first-order chi connectivity index (χ1) is 19.3. The van der Waals surface area contributed by atoms with E-state index in [0.717, 1.165) is 30.4 Å². The van der Waals surface area contributed by atoms with Gasteiger partial charge < -0.3 is 24.8 Å². The summed E-state index contributed by atoms with van der Waals surface area (Å²) in [6.07, 6.45) is 9.13. The number of fused-ring (bicyclic) bond motifs is 4. The van der Waals surface area contributed by atoms with Crippen LogP contribution in [0.1, 0.15) is 69.4 Å². The van der Waals surface area contributed by atoms with E-state index in [1.165, 1.54) is 11.0 Å². The second-order valence-electron chi connectivity index (χ2n) is 11.0. The highest BCUT2D eigenvalue weighted by Crippen LogP contribution is 2.45. The minimum Gasteiger partial charge on any atom is -0.479 e. The van der Waals surface area contributed by atoms with Crippen molar-refractivity contribution in [2.45, 2.75) is 82.6 Å². The largest absolute Gasteiger partial charge is 0.479 e. The van der Waals surface area contributed by atoms with Gasteiger partial charge in [0.25, 0.3) is 0 Å². The zero-order chi connectivity index (χ0) is 28.7. The van der Waals surface area contributed by atoms with Crippen LogP contribution in [0.5, 0.6) is 0 Å². The molecular formula is C31H40N2O7. The molecule has 2 N–H and O–H groups in total. The SMILES string of the molecule is C=C[C@@H]1C[C@]1(NC(=O)[C@@H]1C[C@@H]2CN1C(=O)[C@H](CCCC)CC(=O)OCCC/C=C/c1cccc(c1)CO2)C(=O)O. The summed E-state index contributed by atoms with van der Waals surface area (Å²) in [4.78, 5) is 53.6. The van der Waals surface area contributed by atoms with Crippen LogP contribution in [0.25, 0.3) is 6.08 Å². The number of unbranched alkanes of at least 4 members (excludes halogenated alkanes) is 1. The summed E-state index contributed by atoms with van der Waals surface area (Å²) in [6, 6.07) is 7.04. The molecule has 0 radical (unpaired) electrons. The number of hydrogen-bond donors (Lipinski definition) is 2. The van der Waals surface area contributed by atoms with Gasteiger partial charge >= 0.3 is 11.9 Å². The molecule has 9 heteroatoms. The molecule has 1 saturated heterocycles. The first-order valence-corrected chi connectivity index (χ1v) is 14.3. The summed E-state index contributed by atoms with van der Waals surface area (Å²) in [5.41, 5.74) is 0.595. The predicted octanol–water partition coefficient (Wildman–Crippen LogP) is 3.86. The van der Waals surface area contributed by atoms with Crippen LogP contribution < -0.4 is 5.32 Å². The molecule has 4 bridgehead atoms. The summed E-state index contributed by atoms with van der Waals surface area (Å²) in [5.74, 6) is -3.39. The Morgan fingerprint density at radius 3 is 2.85 bits per heavy atom. The first kappa shape index (κ1) is 29.5. The summed E-state index contributed by atoms with van der Waals surface area (Å²) in [6.45, 7) is 6.46. The highest BCUT2D eigenvalue weighted by Gasteiger charge is 2.61. The van der Waals surface area contributed by atoms with Gasteiger partial charge in [0, 0.05) is 24.8 Å². The lowest BCUT2D eigenvalue weighted by molar-refractivity contribution is -0.151. The minimum absolute atomic E-state index is 0.0623. The Balaban J connectivity index is 1.59. The van der Waals surface area contributed by atoms with E-state index in [0.29, 0.717) is 19.4 Å². The molecule has 0 aromatic heterocycles. The third-order valence-corrected chi connectivity index (χ3v) is 8.07. The van der Waals surface area contributed by atoms with Gasteiger partial charge in [0.2, 0.25) is 11.8 Å². The van der Waals surface area contributed by atoms with Gasteiger partial charge in [-0.2, -0.15) is 0 Å². The van der Waals surface area contributed by atoms with Crippen LogP contribution in [0.15, 0.2) is 43.0 Å². The van der Waals surface area contributed by atoms with Gasteiger partial charge in [-0.25, -0.2) is 4.79 Å². The number of benzene rings is 1. The van der Waals surface area contributed by atoms with Gasteiger partial charge in [0.05, 0.1) is 25.7 Å². The molecule has 2 heterocycles. The molecule has 40 heavy (non-hydrogen) atoms. The monoisotopic (exact) mass is 552 g/mol. The van der Waals surface area contributed by atoms with Crippen molar-refractivity contribution in [3.63, 3.8) is 0 Å². The molecule has 0 spiro atoms. The van der Waals surface area contributed by atoms with E-state index >= 15 is 0 Å². The summed E-state index contributed by atoms with van der Waals surface area (Å²) < 4.78 is 11.6. The fourth-order valence-electron chi connectivity index (χ4n) is 5.59. The van der Waals surface area contributed by atoms with Crippen LogP contribution in [0, 0.1) is 11.8 Å². The fraction of sp³-hybridized carbons (Fsp3) is 0.548. The van der Waals surface area contributed by atoms with Gasteiger partial charge in [0.1, 0.15) is 11.6 Å². The fourth-order valence-corrected chi connectivity index (χ4v) is 5.59. The Morgan fingerprint density at radius 2 is 2.12 bits per heavy atom. The lowest BCUT2D eigenvalue weighted by atomic mass is 9.96. The zero-order valence-electron chi connectivity index (χ0n) is 23.2. The minimum atomic E-state index is -1.40. The van der Waals surface area contributed by atoms with Crippen molar-refractivity contribution < 1.29 is 33.8 Å². The molecule has 4 rings (SSSR count). The van der Waals surface area contributed by atoms with Gasteiger partial charge in [-0.15, -0.1) is 6.58 Å². The van der Waals surface area contributed by atoms with Crippen LogP contribution in [0.2, 0.25) is 0 Å². The Kier molecular flexibility index (Phi) is 9.79. The van der Waals surface area contributed by atoms with Gasteiger partial charge in [-0.05, 0) is 42.9 Å². The third-order valence-electron chi connectivity index (χ3n) is 8.07. The number of hydrogen-bond acceptors (Lipinski definition) is 6. The molecule has 2 amide bonds. The number of amides is 2. The molecule has 1 aromatic carbocycles. The molecular weight excluding hydrogens is 512 g/mol. The number of carbonyl (C=O) groups is 4. The standard InChI is InChI=1S/C31H40N2O7/c1-3-5-13-23-16-27(34)39-14-8-6-7-10-21-11-9-12-22(15-21)20-40-25-17-26(33(19-25)29(23)36)28(35)32-31(30(37)38)18-24(31)4-2/h4,7,9-12,15,23-26H,2-3,5-6,8,13-14,16-20H2,1H3,(H,32,35)(H,37,38)/b10-7+/t23-,24-,25-,26+,31-/m1/s1. The highest BCUT2D eigenvalue weighted by molar-refractivity contribution is 5.95. The average Bonchev–Trinajstić information content (AvgIpc) is 3.49. The maximum Gasteiger partial charge on any atom is 0.330 e. The molecule has 2 aliphatic heterocycles. The van der Waals surface area contributed by atoms with Crippen LogP contribution in [-0.2, 0) is 35.3 Å². The van der Waals surface area contributed by atoms with Crippen LogP contribution in [-0.4, -0.2) is 64.6 Å². The van der Waals surface area contributed by atoms with Crippen molar-refractivity contribution in [2.75, 3.05) is 13.2 Å². The Bertz CT molecular complexity index is 1150. The number of aliphatic carboxylic acids is 1. The average molecular weight is 553 g/mol. The predicted molar refractivity (Wildman–Crippen MR) is 149 cm³/mol. The summed E-state index contributed by atoms with van der Waals surface area (Å²) in [5, 5.41) is 12.5. The Hall–Kier alpha value is -3.46. The van der Waals surface area contributed by atoms with Gasteiger partial charge in [-0.3, -0.25) is 14.4 Å². The first-order valence-electron chi connectivity index (χ1n) is 14.3. The van der Waals surface area contributed by atoms with Crippen molar-refractivity contribution in [1.29, 1.82) is 0 Å². The van der Waals surface area contributed by atoms with Crippen molar-refractivity contribution in [3.05, 3.63) is 54.1 Å². The number of carboxylic acid groups (broad SMARTS) is 1. The number of allylic oxidation sites excluding steroid dienone is 1. The Labute approximate surface area is 235 Å². The number of cyclic esters (lactones) is 1. The van der Waals surface area contributed by atoms with E-state index in [9.17, 15) is 24.3 Å². The number of rotatable bonds is 7. The number of ether oxygens (including phenoxy) is 2. The van der Waals surface area contributed by atoms with E-state index in [-0.39, 0.29) is 44.2 Å². The quantitative estimate of drug-likeness (QED) is 0.389. The second kappa shape index (κ2) is 13.3. The lowest BCUT2D eigenvalue weighted by Gasteiger charge is -2.29. The molecule has 5 atom stereocenters. The van der Waals surface area contributed by atoms with Crippen molar-refractivity contribution in [1.82, 2.24) is 10.2 Å². The molecule has 1 aromatic rings. The normalized spacial score (nSPS) is 30.0. The zero-order valence-corrected chi connectivity index (χ0v) is 23.2. The molecule has 9 nitrogen and oxygen atoms in total.